The fourth-order valence-corrected chi connectivity index (χ4v) is 5.16. The Morgan fingerprint density at radius 2 is 1.81 bits per heavy atom. The number of benzene rings is 1. The van der Waals surface area contributed by atoms with E-state index in [0.717, 1.165) is 17.7 Å². The number of hydrogen-bond acceptors (Lipinski definition) is 3. The van der Waals surface area contributed by atoms with Gasteiger partial charge in [-0.05, 0) is 37.8 Å². The number of quaternary nitrogens is 1. The summed E-state index contributed by atoms with van der Waals surface area (Å²) in [5.74, 6) is 0.659. The van der Waals surface area contributed by atoms with Gasteiger partial charge in [0.1, 0.15) is 4.90 Å². The number of nitrogens with zero attached hydrogens (tertiary/aromatic N) is 1. The molecule has 2 N–H and O–H groups in total. The molecule has 1 heterocycles. The number of carbonyl (C=O) groups excluding carboxylic acids is 1. The van der Waals surface area contributed by atoms with Crippen molar-refractivity contribution in [2.75, 3.05) is 32.7 Å². The van der Waals surface area contributed by atoms with Gasteiger partial charge in [-0.3, -0.25) is 4.79 Å². The van der Waals surface area contributed by atoms with E-state index in [1.807, 2.05) is 6.92 Å². The number of piperazine rings is 1. The maximum Gasteiger partial charge on any atom is 0.275 e. The van der Waals surface area contributed by atoms with E-state index in [-0.39, 0.29) is 21.9 Å². The molecule has 0 radical (unpaired) electrons. The molecule has 1 aliphatic rings. The Balaban J connectivity index is 1.83. The highest BCUT2D eigenvalue weighted by atomic mass is 35.5. The fraction of sp³-hybridized carbons (Fsp3) is 0.632. The number of hydrogen-bond donors (Lipinski definition) is 2. The summed E-state index contributed by atoms with van der Waals surface area (Å²) in [6.07, 6.45) is 2.06. The van der Waals surface area contributed by atoms with Crippen molar-refractivity contribution in [3.8, 4) is 0 Å². The second kappa shape index (κ2) is 9.87. The molecule has 0 unspecified atom stereocenters. The Kier molecular flexibility index (Phi) is 8.09. The zero-order valence-electron chi connectivity index (χ0n) is 16.4. The van der Waals surface area contributed by atoms with Gasteiger partial charge in [-0.15, -0.1) is 0 Å². The summed E-state index contributed by atoms with van der Waals surface area (Å²) in [6, 6.07) is 6.67. The van der Waals surface area contributed by atoms with E-state index in [2.05, 4.69) is 19.2 Å². The van der Waals surface area contributed by atoms with Crippen LogP contribution in [-0.2, 0) is 14.8 Å². The standard InChI is InChI=1S/C19H30ClN3O3S/c1-15(2)8-9-16(3)21-19(24)14-22-10-12-23(13-11-22)27(25,26)18-7-5-4-6-17(18)20/h4-7,15-16H,8-14H2,1-3H3,(H,21,24)/p+1/t16-/m0/s1. The Labute approximate surface area is 167 Å². The molecule has 0 aliphatic carbocycles. The van der Waals surface area contributed by atoms with Crippen LogP contribution in [0, 0.1) is 5.92 Å². The number of carbonyl (C=O) groups is 1. The normalized spacial score (nSPS) is 17.8. The molecule has 1 amide bonds. The molecule has 1 saturated heterocycles. The van der Waals surface area contributed by atoms with Crippen molar-refractivity contribution >= 4 is 27.5 Å². The zero-order valence-corrected chi connectivity index (χ0v) is 17.9. The average Bonchev–Trinajstić information content (AvgIpc) is 2.60. The lowest BCUT2D eigenvalue weighted by Crippen LogP contribution is -3.15. The van der Waals surface area contributed by atoms with Gasteiger partial charge in [0, 0.05) is 6.04 Å². The first-order valence-corrected chi connectivity index (χ1v) is 11.4. The van der Waals surface area contributed by atoms with Crippen LogP contribution in [0.25, 0.3) is 0 Å². The van der Waals surface area contributed by atoms with Gasteiger partial charge >= 0.3 is 0 Å². The molecule has 0 aromatic heterocycles. The molecule has 0 spiro atoms. The quantitative estimate of drug-likeness (QED) is 0.668. The molecule has 27 heavy (non-hydrogen) atoms. The van der Waals surface area contributed by atoms with E-state index >= 15 is 0 Å². The lowest BCUT2D eigenvalue weighted by molar-refractivity contribution is -0.895. The molecule has 1 aromatic carbocycles. The first-order valence-electron chi connectivity index (χ1n) is 9.57. The summed E-state index contributed by atoms with van der Waals surface area (Å²) in [6.45, 7) is 8.76. The van der Waals surface area contributed by atoms with Gasteiger partial charge in [0.05, 0.1) is 31.2 Å². The summed E-state index contributed by atoms with van der Waals surface area (Å²) in [5.41, 5.74) is 0. The summed E-state index contributed by atoms with van der Waals surface area (Å²) in [5, 5.41) is 3.29. The van der Waals surface area contributed by atoms with Crippen molar-refractivity contribution in [3.63, 3.8) is 0 Å². The first kappa shape index (κ1) is 22.1. The topological polar surface area (TPSA) is 70.9 Å². The number of sulfonamides is 1. The number of amides is 1. The molecule has 1 fully saturated rings. The van der Waals surface area contributed by atoms with Crippen LogP contribution in [0.1, 0.15) is 33.6 Å². The van der Waals surface area contributed by atoms with E-state index in [4.69, 9.17) is 11.6 Å². The third kappa shape index (κ3) is 6.45. The van der Waals surface area contributed by atoms with Crippen LogP contribution < -0.4 is 10.2 Å². The Bertz CT molecular complexity index is 731. The minimum atomic E-state index is -3.59. The highest BCUT2D eigenvalue weighted by Crippen LogP contribution is 2.23. The van der Waals surface area contributed by atoms with E-state index in [1.165, 1.54) is 10.4 Å². The minimum absolute atomic E-state index is 0.0312. The van der Waals surface area contributed by atoms with Gasteiger partial charge in [0.15, 0.2) is 6.54 Å². The van der Waals surface area contributed by atoms with Crippen molar-refractivity contribution in [3.05, 3.63) is 29.3 Å². The summed E-state index contributed by atoms with van der Waals surface area (Å²) >= 11 is 6.06. The van der Waals surface area contributed by atoms with Crippen molar-refractivity contribution in [1.82, 2.24) is 9.62 Å². The fourth-order valence-electron chi connectivity index (χ4n) is 3.22. The predicted molar refractivity (Wildman–Crippen MR) is 107 cm³/mol. The largest absolute Gasteiger partial charge is 0.349 e. The van der Waals surface area contributed by atoms with Crippen LogP contribution in [0.4, 0.5) is 0 Å². The van der Waals surface area contributed by atoms with Crippen LogP contribution in [0.3, 0.4) is 0 Å². The van der Waals surface area contributed by atoms with E-state index in [0.29, 0.717) is 38.6 Å². The molecule has 1 atom stereocenters. The lowest BCUT2D eigenvalue weighted by atomic mass is 10.0. The van der Waals surface area contributed by atoms with Crippen LogP contribution >= 0.6 is 11.6 Å². The van der Waals surface area contributed by atoms with Gasteiger partial charge in [-0.1, -0.05) is 37.6 Å². The van der Waals surface area contributed by atoms with Crippen molar-refractivity contribution in [2.24, 2.45) is 5.92 Å². The molecular formula is C19H31ClN3O3S+. The van der Waals surface area contributed by atoms with Gasteiger partial charge in [0.2, 0.25) is 10.0 Å². The second-order valence-electron chi connectivity index (χ2n) is 7.70. The van der Waals surface area contributed by atoms with Crippen LogP contribution in [0.5, 0.6) is 0 Å². The van der Waals surface area contributed by atoms with Crippen molar-refractivity contribution in [2.45, 2.75) is 44.6 Å². The van der Waals surface area contributed by atoms with Gasteiger partial charge < -0.3 is 10.2 Å². The molecule has 8 heteroatoms. The summed E-state index contributed by atoms with van der Waals surface area (Å²) in [4.78, 5) is 13.5. The Morgan fingerprint density at radius 1 is 1.19 bits per heavy atom. The summed E-state index contributed by atoms with van der Waals surface area (Å²) < 4.78 is 27.0. The van der Waals surface area contributed by atoms with Gasteiger partial charge in [-0.25, -0.2) is 8.42 Å². The second-order valence-corrected chi connectivity index (χ2v) is 10.0. The zero-order chi connectivity index (χ0) is 20.0. The highest BCUT2D eigenvalue weighted by Gasteiger charge is 2.32. The van der Waals surface area contributed by atoms with E-state index in [9.17, 15) is 13.2 Å². The van der Waals surface area contributed by atoms with Crippen LogP contribution in [0.2, 0.25) is 5.02 Å². The average molecular weight is 417 g/mol. The van der Waals surface area contributed by atoms with E-state index in [1.54, 1.807) is 18.2 Å². The number of halogens is 1. The molecule has 0 bridgehead atoms. The molecule has 1 aliphatic heterocycles. The molecule has 2 rings (SSSR count). The third-order valence-electron chi connectivity index (χ3n) is 4.88. The van der Waals surface area contributed by atoms with Crippen molar-refractivity contribution in [1.29, 1.82) is 0 Å². The van der Waals surface area contributed by atoms with Crippen LogP contribution in [0.15, 0.2) is 29.2 Å². The van der Waals surface area contributed by atoms with E-state index < -0.39 is 10.0 Å². The van der Waals surface area contributed by atoms with Crippen molar-refractivity contribution < 1.29 is 18.1 Å². The predicted octanol–water partition coefficient (Wildman–Crippen LogP) is 1.17. The smallest absolute Gasteiger partial charge is 0.275 e. The first-order chi connectivity index (χ1) is 12.7. The Morgan fingerprint density at radius 3 is 2.41 bits per heavy atom. The number of nitrogens with one attached hydrogen (secondary N) is 2. The van der Waals surface area contributed by atoms with Crippen LogP contribution in [-0.4, -0.2) is 57.4 Å². The molecular weight excluding hydrogens is 386 g/mol. The van der Waals surface area contributed by atoms with Gasteiger partial charge in [0.25, 0.3) is 5.91 Å². The molecule has 6 nitrogen and oxygen atoms in total. The minimum Gasteiger partial charge on any atom is -0.349 e. The monoisotopic (exact) mass is 416 g/mol. The third-order valence-corrected chi connectivity index (χ3v) is 7.28. The SMILES string of the molecule is CC(C)CC[C@H](C)NC(=O)C[NH+]1CCN(S(=O)(=O)c2ccccc2Cl)CC1. The Hall–Kier alpha value is -1.15. The molecule has 152 valence electrons. The maximum absolute atomic E-state index is 12.8. The molecule has 1 aromatic rings. The molecule has 0 saturated carbocycles. The number of rotatable bonds is 8. The summed E-state index contributed by atoms with van der Waals surface area (Å²) in [7, 11) is -3.59. The lowest BCUT2D eigenvalue weighted by Gasteiger charge is -2.31. The highest BCUT2D eigenvalue weighted by molar-refractivity contribution is 7.89. The maximum atomic E-state index is 12.8. The van der Waals surface area contributed by atoms with Gasteiger partial charge in [-0.2, -0.15) is 4.31 Å².